The second-order valence-electron chi connectivity index (χ2n) is 6.18. The summed E-state index contributed by atoms with van der Waals surface area (Å²) in [6, 6.07) is 16.1. The average molecular weight is 444 g/mol. The zero-order chi connectivity index (χ0) is 20.6. The first-order valence-corrected chi connectivity index (χ1v) is 13.3. The predicted octanol–water partition coefficient (Wildman–Crippen LogP) is 3.72. The van der Waals surface area contributed by atoms with Crippen molar-refractivity contribution in [3.05, 3.63) is 54.6 Å². The first-order valence-electron chi connectivity index (χ1n) is 8.10. The van der Waals surface area contributed by atoms with E-state index in [1.165, 1.54) is 6.07 Å². The van der Waals surface area contributed by atoms with Crippen LogP contribution in [0.1, 0.15) is 0 Å². The third-order valence-corrected chi connectivity index (χ3v) is 8.18. The molecule has 0 radical (unpaired) electrons. The standard InChI is InChI=1S/C17H18O8P2S/c1-26(18,19)25-27(20,21)24-9-10-28(22,23)17-8-4-7-15-11-13-5-2-3-6-14(13)12-16(15)17/h2-8,11-12H,9-10H2,1H3,(H,18,19)(H,20,21). The summed E-state index contributed by atoms with van der Waals surface area (Å²) < 4.78 is 56.8. The van der Waals surface area contributed by atoms with Crippen molar-refractivity contribution in [2.75, 3.05) is 19.0 Å². The van der Waals surface area contributed by atoms with Crippen molar-refractivity contribution in [2.45, 2.75) is 4.90 Å². The summed E-state index contributed by atoms with van der Waals surface area (Å²) in [7, 11) is -13.0. The van der Waals surface area contributed by atoms with Gasteiger partial charge in [-0.3, -0.25) is 9.09 Å². The van der Waals surface area contributed by atoms with E-state index in [1.54, 1.807) is 18.2 Å². The third-order valence-electron chi connectivity index (χ3n) is 3.90. The van der Waals surface area contributed by atoms with Gasteiger partial charge in [-0.25, -0.2) is 17.3 Å². The molecule has 0 saturated carbocycles. The number of hydrogen-bond acceptors (Lipinski definition) is 6. The molecule has 0 bridgehead atoms. The lowest BCUT2D eigenvalue weighted by Gasteiger charge is -2.14. The van der Waals surface area contributed by atoms with Gasteiger partial charge < -0.3 is 9.79 Å². The summed E-state index contributed by atoms with van der Waals surface area (Å²) in [6.07, 6.45) is 0. The Labute approximate surface area is 161 Å². The van der Waals surface area contributed by atoms with Gasteiger partial charge in [-0.1, -0.05) is 36.4 Å². The van der Waals surface area contributed by atoms with E-state index >= 15 is 0 Å². The van der Waals surface area contributed by atoms with Crippen LogP contribution in [-0.2, 0) is 27.8 Å². The van der Waals surface area contributed by atoms with E-state index in [9.17, 15) is 22.4 Å². The molecule has 0 spiro atoms. The minimum atomic E-state index is -4.85. The van der Waals surface area contributed by atoms with Crippen LogP contribution in [0.3, 0.4) is 0 Å². The normalized spacial score (nSPS) is 16.7. The Morgan fingerprint density at radius 1 is 0.929 bits per heavy atom. The molecule has 3 aromatic carbocycles. The minimum absolute atomic E-state index is 0.0661. The molecule has 3 aromatic rings. The number of benzene rings is 3. The maximum Gasteiger partial charge on any atom is 0.479 e. The highest BCUT2D eigenvalue weighted by Gasteiger charge is 2.30. The highest BCUT2D eigenvalue weighted by molar-refractivity contribution is 7.91. The van der Waals surface area contributed by atoms with Gasteiger partial charge in [-0.05, 0) is 34.4 Å². The lowest BCUT2D eigenvalue weighted by molar-refractivity contribution is 0.206. The monoisotopic (exact) mass is 444 g/mol. The van der Waals surface area contributed by atoms with E-state index in [4.69, 9.17) is 4.89 Å². The van der Waals surface area contributed by atoms with Crippen LogP contribution >= 0.6 is 15.4 Å². The number of fused-ring (bicyclic) bond motifs is 2. The number of hydrogen-bond donors (Lipinski definition) is 2. The quantitative estimate of drug-likeness (QED) is 0.417. The molecule has 11 heteroatoms. The van der Waals surface area contributed by atoms with Crippen LogP contribution in [0.2, 0.25) is 0 Å². The smallest absolute Gasteiger partial charge is 0.324 e. The van der Waals surface area contributed by atoms with E-state index in [2.05, 4.69) is 8.83 Å². The molecule has 150 valence electrons. The Bertz CT molecular complexity index is 1230. The Balaban J connectivity index is 1.87. The van der Waals surface area contributed by atoms with Gasteiger partial charge in [-0.2, -0.15) is 0 Å². The molecule has 2 N–H and O–H groups in total. The van der Waals surface area contributed by atoms with Crippen molar-refractivity contribution in [3.8, 4) is 0 Å². The largest absolute Gasteiger partial charge is 0.479 e. The molecular weight excluding hydrogens is 426 g/mol. The van der Waals surface area contributed by atoms with Crippen LogP contribution in [0.5, 0.6) is 0 Å². The molecule has 0 aromatic heterocycles. The molecule has 0 aliphatic heterocycles. The molecule has 0 aliphatic rings. The molecule has 0 heterocycles. The highest BCUT2D eigenvalue weighted by Crippen LogP contribution is 2.57. The summed E-state index contributed by atoms with van der Waals surface area (Å²) in [5, 5.41) is 3.12. The maximum absolute atomic E-state index is 12.8. The summed E-state index contributed by atoms with van der Waals surface area (Å²) >= 11 is 0. The van der Waals surface area contributed by atoms with E-state index in [0.29, 0.717) is 5.39 Å². The predicted molar refractivity (Wildman–Crippen MR) is 106 cm³/mol. The minimum Gasteiger partial charge on any atom is -0.324 e. The fraction of sp³-hybridized carbons (Fsp3) is 0.176. The molecule has 3 rings (SSSR count). The van der Waals surface area contributed by atoms with Crippen LogP contribution in [-0.4, -0.2) is 37.2 Å². The van der Waals surface area contributed by atoms with Gasteiger partial charge >= 0.3 is 15.4 Å². The van der Waals surface area contributed by atoms with Gasteiger partial charge in [0.2, 0.25) is 0 Å². The number of sulfone groups is 1. The third kappa shape index (κ3) is 5.07. The first kappa shape index (κ1) is 21.1. The van der Waals surface area contributed by atoms with Crippen LogP contribution in [0, 0.1) is 0 Å². The van der Waals surface area contributed by atoms with Gasteiger partial charge in [0.25, 0.3) is 0 Å². The number of phosphoric ester groups is 1. The Hall–Kier alpha value is -1.57. The van der Waals surface area contributed by atoms with Crippen LogP contribution in [0.15, 0.2) is 59.5 Å². The number of rotatable bonds is 7. The summed E-state index contributed by atoms with van der Waals surface area (Å²) in [6.45, 7) is 0.0382. The maximum atomic E-state index is 12.8. The molecule has 2 unspecified atom stereocenters. The molecule has 0 saturated heterocycles. The average Bonchev–Trinajstić information content (AvgIpc) is 2.56. The van der Waals surface area contributed by atoms with Crippen molar-refractivity contribution >= 4 is 46.8 Å². The summed E-state index contributed by atoms with van der Waals surface area (Å²) in [5.41, 5.74) is 0. The summed E-state index contributed by atoms with van der Waals surface area (Å²) in [5.74, 6) is -0.605. The second-order valence-corrected chi connectivity index (χ2v) is 11.7. The van der Waals surface area contributed by atoms with Crippen LogP contribution in [0.25, 0.3) is 21.5 Å². The van der Waals surface area contributed by atoms with Gasteiger partial charge in [0.15, 0.2) is 9.84 Å². The molecule has 0 aliphatic carbocycles. The Kier molecular flexibility index (Phi) is 5.81. The van der Waals surface area contributed by atoms with E-state index in [-0.39, 0.29) is 4.90 Å². The van der Waals surface area contributed by atoms with Crippen LogP contribution in [0.4, 0.5) is 0 Å². The van der Waals surface area contributed by atoms with Crippen molar-refractivity contribution in [1.82, 2.24) is 0 Å². The van der Waals surface area contributed by atoms with E-state index < -0.39 is 37.6 Å². The zero-order valence-electron chi connectivity index (χ0n) is 14.8. The lowest BCUT2D eigenvalue weighted by Crippen LogP contribution is -2.12. The topological polar surface area (TPSA) is 127 Å². The molecule has 8 nitrogen and oxygen atoms in total. The second kappa shape index (κ2) is 7.69. The lowest BCUT2D eigenvalue weighted by atomic mass is 10.0. The molecule has 0 amide bonds. The van der Waals surface area contributed by atoms with Crippen molar-refractivity contribution in [2.24, 2.45) is 0 Å². The molecule has 28 heavy (non-hydrogen) atoms. The number of phosphoric acid groups is 1. The molecular formula is C17H18O8P2S. The van der Waals surface area contributed by atoms with Gasteiger partial charge in [-0.15, -0.1) is 0 Å². The van der Waals surface area contributed by atoms with E-state index in [1.807, 2.05) is 30.3 Å². The van der Waals surface area contributed by atoms with Gasteiger partial charge in [0.1, 0.15) is 0 Å². The molecule has 2 atom stereocenters. The van der Waals surface area contributed by atoms with Crippen LogP contribution < -0.4 is 0 Å². The van der Waals surface area contributed by atoms with Crippen molar-refractivity contribution < 1.29 is 36.2 Å². The van der Waals surface area contributed by atoms with Gasteiger partial charge in [0, 0.05) is 12.1 Å². The fourth-order valence-corrected chi connectivity index (χ4v) is 6.28. The SMILES string of the molecule is CP(=O)(O)OP(=O)(O)OCCS(=O)(=O)c1cccc2cc3ccccc3cc12. The Morgan fingerprint density at radius 2 is 1.54 bits per heavy atom. The summed E-state index contributed by atoms with van der Waals surface area (Å²) in [4.78, 5) is 18.5. The van der Waals surface area contributed by atoms with Crippen molar-refractivity contribution in [1.29, 1.82) is 0 Å². The first-order chi connectivity index (χ1) is 13.0. The molecule has 0 fully saturated rings. The van der Waals surface area contributed by atoms with Gasteiger partial charge in [0.05, 0.1) is 17.3 Å². The highest BCUT2D eigenvalue weighted by atomic mass is 32.2. The van der Waals surface area contributed by atoms with Crippen molar-refractivity contribution in [3.63, 3.8) is 0 Å². The fourth-order valence-electron chi connectivity index (χ4n) is 2.80. The van der Waals surface area contributed by atoms with E-state index in [0.717, 1.165) is 22.8 Å². The Morgan fingerprint density at radius 3 is 2.18 bits per heavy atom. The zero-order valence-corrected chi connectivity index (χ0v) is 17.4.